The molecule has 1 rings (SSSR count). The summed E-state index contributed by atoms with van der Waals surface area (Å²) in [4.78, 5) is 13.1. The van der Waals surface area contributed by atoms with Gasteiger partial charge in [-0.25, -0.2) is 0 Å². The Bertz CT molecular complexity index is 882. The lowest BCUT2D eigenvalue weighted by molar-refractivity contribution is -0.303. The molecule has 0 aromatic rings. The largest absolute Gasteiger partial charge is 0.394 e. The lowest BCUT2D eigenvalue weighted by atomic mass is 9.98. The molecule has 0 bridgehead atoms. The molecule has 0 aromatic heterocycles. The third-order valence-electron chi connectivity index (χ3n) is 11.7. The van der Waals surface area contributed by atoms with Gasteiger partial charge in [0.15, 0.2) is 6.29 Å². The van der Waals surface area contributed by atoms with Gasteiger partial charge in [0.25, 0.3) is 0 Å². The first kappa shape index (κ1) is 53.1. The van der Waals surface area contributed by atoms with Crippen LogP contribution < -0.4 is 5.32 Å². The highest BCUT2D eigenvalue weighted by atomic mass is 16.7. The van der Waals surface area contributed by atoms with Crippen LogP contribution in [0.3, 0.4) is 0 Å². The summed E-state index contributed by atoms with van der Waals surface area (Å²) in [6, 6.07) is -1.16. The smallest absolute Gasteiger partial charge is 0.249 e. The molecule has 334 valence electrons. The van der Waals surface area contributed by atoms with E-state index in [1.54, 1.807) is 0 Å². The van der Waals surface area contributed by atoms with E-state index in [0.717, 1.165) is 38.5 Å². The molecule has 8 N–H and O–H groups in total. The predicted octanol–water partition coefficient (Wildman–Crippen LogP) is 7.50. The maximum Gasteiger partial charge on any atom is 0.249 e. The Morgan fingerprint density at radius 1 is 0.554 bits per heavy atom. The number of carbonyl (C=O) groups excluding carboxylic acids is 1. The van der Waals surface area contributed by atoms with Gasteiger partial charge in [0.05, 0.1) is 25.4 Å². The molecular formula is C45H89NO10. The number of hydrogen-bond acceptors (Lipinski definition) is 10. The lowest BCUT2D eigenvalue weighted by Crippen LogP contribution is -2.60. The highest BCUT2D eigenvalue weighted by Gasteiger charge is 2.44. The fraction of sp³-hybridized carbons (Fsp3) is 0.978. The highest BCUT2D eigenvalue weighted by molar-refractivity contribution is 5.80. The second-order valence-electron chi connectivity index (χ2n) is 16.8. The van der Waals surface area contributed by atoms with Crippen LogP contribution in [-0.4, -0.2) is 110 Å². The first-order valence-corrected chi connectivity index (χ1v) is 23.4. The maximum absolute atomic E-state index is 13.1. The summed E-state index contributed by atoms with van der Waals surface area (Å²) in [5.41, 5.74) is 0. The normalized spacial score (nSPS) is 22.2. The van der Waals surface area contributed by atoms with E-state index in [2.05, 4.69) is 19.2 Å². The van der Waals surface area contributed by atoms with Crippen molar-refractivity contribution in [3.8, 4) is 0 Å². The number of hydrogen-bond donors (Lipinski definition) is 8. The van der Waals surface area contributed by atoms with Crippen LogP contribution in [0.25, 0.3) is 0 Å². The molecule has 1 heterocycles. The van der Waals surface area contributed by atoms with Crippen molar-refractivity contribution in [2.24, 2.45) is 0 Å². The van der Waals surface area contributed by atoms with Gasteiger partial charge in [-0.15, -0.1) is 0 Å². The van der Waals surface area contributed by atoms with E-state index < -0.39 is 74.2 Å². The Balaban J connectivity index is 2.36. The molecule has 1 aliphatic heterocycles. The van der Waals surface area contributed by atoms with Gasteiger partial charge in [0.2, 0.25) is 5.91 Å². The van der Waals surface area contributed by atoms with Crippen molar-refractivity contribution in [1.82, 2.24) is 5.32 Å². The van der Waals surface area contributed by atoms with Gasteiger partial charge in [-0.3, -0.25) is 4.79 Å². The van der Waals surface area contributed by atoms with E-state index in [0.29, 0.717) is 19.3 Å². The van der Waals surface area contributed by atoms with Gasteiger partial charge in [-0.1, -0.05) is 200 Å². The quantitative estimate of drug-likeness (QED) is 0.0289. The van der Waals surface area contributed by atoms with E-state index in [1.807, 2.05) is 0 Å². The molecule has 56 heavy (non-hydrogen) atoms. The SMILES string of the molecule is CCCCCCCCCCCCCCCCCCCCCC[C@@H](O)C(=O)N[C@@H](CO[C@@H]1O[C@H](CO)[C@H](O)[C@H](O)[C@H]1O)[C@H](O)[C@H](O)CCCCCCCCCCC. The van der Waals surface area contributed by atoms with Crippen LogP contribution in [0.15, 0.2) is 0 Å². The number of carbonyl (C=O) groups is 1. The number of amides is 1. The van der Waals surface area contributed by atoms with Crippen LogP contribution in [0.5, 0.6) is 0 Å². The van der Waals surface area contributed by atoms with Gasteiger partial charge in [-0.05, 0) is 12.8 Å². The first-order valence-electron chi connectivity index (χ1n) is 23.4. The van der Waals surface area contributed by atoms with Gasteiger partial charge < -0.3 is 50.5 Å². The number of nitrogens with one attached hydrogen (secondary N) is 1. The van der Waals surface area contributed by atoms with Crippen molar-refractivity contribution in [3.63, 3.8) is 0 Å². The zero-order valence-electron chi connectivity index (χ0n) is 35.9. The topological polar surface area (TPSA) is 189 Å². The van der Waals surface area contributed by atoms with Crippen molar-refractivity contribution < 1.29 is 50.0 Å². The van der Waals surface area contributed by atoms with E-state index in [4.69, 9.17) is 9.47 Å². The van der Waals surface area contributed by atoms with Gasteiger partial charge in [-0.2, -0.15) is 0 Å². The molecule has 0 aliphatic carbocycles. The van der Waals surface area contributed by atoms with Crippen LogP contribution in [0, 0.1) is 0 Å². The Labute approximate surface area is 341 Å². The van der Waals surface area contributed by atoms with Gasteiger partial charge >= 0.3 is 0 Å². The molecule has 1 saturated heterocycles. The predicted molar refractivity (Wildman–Crippen MR) is 224 cm³/mol. The average Bonchev–Trinajstić information content (AvgIpc) is 3.20. The minimum Gasteiger partial charge on any atom is -0.394 e. The molecule has 0 radical (unpaired) electrons. The third kappa shape index (κ3) is 25.6. The van der Waals surface area contributed by atoms with Crippen LogP contribution in [-0.2, 0) is 14.3 Å². The van der Waals surface area contributed by atoms with Crippen molar-refractivity contribution in [2.75, 3.05) is 13.2 Å². The Hall–Kier alpha value is -0.890. The number of rotatable bonds is 39. The van der Waals surface area contributed by atoms with Crippen LogP contribution in [0.4, 0.5) is 0 Å². The zero-order chi connectivity index (χ0) is 41.2. The summed E-state index contributed by atoms with van der Waals surface area (Å²) in [6.07, 6.45) is 24.5. The molecule has 11 nitrogen and oxygen atoms in total. The van der Waals surface area contributed by atoms with E-state index in [9.17, 15) is 40.5 Å². The molecule has 0 saturated carbocycles. The minimum absolute atomic E-state index is 0.266. The van der Waals surface area contributed by atoms with E-state index >= 15 is 0 Å². The average molecular weight is 804 g/mol. The molecule has 0 unspecified atom stereocenters. The molecule has 1 aliphatic rings. The summed E-state index contributed by atoms with van der Waals surface area (Å²) >= 11 is 0. The summed E-state index contributed by atoms with van der Waals surface area (Å²) < 4.78 is 11.1. The second kappa shape index (κ2) is 36.0. The zero-order valence-corrected chi connectivity index (χ0v) is 35.9. The fourth-order valence-electron chi connectivity index (χ4n) is 7.74. The van der Waals surface area contributed by atoms with Gasteiger partial charge in [0, 0.05) is 0 Å². The fourth-order valence-corrected chi connectivity index (χ4v) is 7.74. The number of unbranched alkanes of at least 4 members (excludes halogenated alkanes) is 27. The molecule has 0 aromatic carbocycles. The number of aliphatic hydroxyl groups is 7. The highest BCUT2D eigenvalue weighted by Crippen LogP contribution is 2.23. The molecule has 11 heteroatoms. The molecular weight excluding hydrogens is 714 g/mol. The minimum atomic E-state index is -1.65. The maximum atomic E-state index is 13.1. The number of aliphatic hydroxyl groups excluding tert-OH is 7. The van der Waals surface area contributed by atoms with Crippen LogP contribution in [0.1, 0.15) is 213 Å². The van der Waals surface area contributed by atoms with Crippen LogP contribution >= 0.6 is 0 Å². The molecule has 1 fully saturated rings. The monoisotopic (exact) mass is 804 g/mol. The van der Waals surface area contributed by atoms with E-state index in [1.165, 1.54) is 135 Å². The van der Waals surface area contributed by atoms with Gasteiger partial charge in [0.1, 0.15) is 36.6 Å². The summed E-state index contributed by atoms with van der Waals surface area (Å²) in [7, 11) is 0. The number of ether oxygens (including phenoxy) is 2. The third-order valence-corrected chi connectivity index (χ3v) is 11.7. The van der Waals surface area contributed by atoms with Crippen molar-refractivity contribution in [3.05, 3.63) is 0 Å². The Morgan fingerprint density at radius 2 is 0.929 bits per heavy atom. The van der Waals surface area contributed by atoms with Crippen molar-refractivity contribution in [2.45, 2.75) is 268 Å². The summed E-state index contributed by atoms with van der Waals surface area (Å²) in [5, 5.41) is 75.5. The summed E-state index contributed by atoms with van der Waals surface area (Å²) in [6.45, 7) is 3.42. The Morgan fingerprint density at radius 3 is 1.32 bits per heavy atom. The van der Waals surface area contributed by atoms with E-state index in [-0.39, 0.29) is 6.42 Å². The first-order chi connectivity index (χ1) is 27.2. The Kier molecular flexibility index (Phi) is 34.2. The van der Waals surface area contributed by atoms with Crippen molar-refractivity contribution >= 4 is 5.91 Å². The standard InChI is InChI=1S/C45H89NO10/c1-3-5-7-9-11-13-14-15-16-17-18-19-20-21-22-23-25-27-29-31-33-38(49)44(54)46-36(35-55-45-43(53)42(52)41(51)39(34-47)56-45)40(50)37(48)32-30-28-26-24-12-10-8-6-4-2/h36-43,45,47-53H,3-35H2,1-2H3,(H,46,54)/t36-,37+,38+,39+,40-,41-,42-,43+,45+/m0/s1. The molecule has 1 amide bonds. The lowest BCUT2D eigenvalue weighted by Gasteiger charge is -2.40. The molecule has 9 atom stereocenters. The molecule has 0 spiro atoms. The van der Waals surface area contributed by atoms with Crippen molar-refractivity contribution in [1.29, 1.82) is 0 Å². The van der Waals surface area contributed by atoms with Crippen LogP contribution in [0.2, 0.25) is 0 Å². The summed E-state index contributed by atoms with van der Waals surface area (Å²) in [5.74, 6) is -0.695. The second-order valence-corrected chi connectivity index (χ2v) is 16.8.